The number of anilines is 1. The largest absolute Gasteiger partial charge is 0.497 e. The van der Waals surface area contributed by atoms with Crippen molar-refractivity contribution in [1.29, 1.82) is 5.26 Å². The standard InChI is InChI=1S/C27H28N4O3/c1-6-29-26(32)20-8-7-17(2)25(15-20)30-27(33)22(16-28)14-21-13-18(3)31(19(21)4)23-9-11-24(34-5)12-10-23/h7-15H,6H2,1-5H3,(H,29,32)(H,30,33)/b22-14-. The summed E-state index contributed by atoms with van der Waals surface area (Å²) in [4.78, 5) is 25.1. The minimum absolute atomic E-state index is 0.0298. The molecule has 2 N–H and O–H groups in total. The van der Waals surface area contributed by atoms with E-state index in [-0.39, 0.29) is 11.5 Å². The molecule has 0 bridgehead atoms. The number of methoxy groups -OCH3 is 1. The SMILES string of the molecule is CCNC(=O)c1ccc(C)c(NC(=O)/C(C#N)=C\c2cc(C)n(-c3ccc(OC)cc3)c2C)c1. The lowest BCUT2D eigenvalue weighted by Gasteiger charge is -2.11. The van der Waals surface area contributed by atoms with Crippen LogP contribution in [0.15, 0.2) is 54.1 Å². The Morgan fingerprint density at radius 1 is 1.09 bits per heavy atom. The van der Waals surface area contributed by atoms with E-state index in [0.717, 1.165) is 34.0 Å². The molecule has 0 spiro atoms. The van der Waals surface area contributed by atoms with Gasteiger partial charge in [-0.3, -0.25) is 9.59 Å². The zero-order valence-corrected chi connectivity index (χ0v) is 20.0. The summed E-state index contributed by atoms with van der Waals surface area (Å²) in [5.74, 6) is 0.00854. The lowest BCUT2D eigenvalue weighted by Crippen LogP contribution is -2.23. The third-order valence-corrected chi connectivity index (χ3v) is 5.55. The molecule has 1 aromatic heterocycles. The van der Waals surface area contributed by atoms with Crippen LogP contribution in [0, 0.1) is 32.1 Å². The van der Waals surface area contributed by atoms with Crippen molar-refractivity contribution >= 4 is 23.6 Å². The molecule has 0 saturated carbocycles. The van der Waals surface area contributed by atoms with Crippen molar-refractivity contribution in [2.24, 2.45) is 0 Å². The fourth-order valence-corrected chi connectivity index (χ4v) is 3.72. The van der Waals surface area contributed by atoms with E-state index in [1.807, 2.05) is 64.1 Å². The lowest BCUT2D eigenvalue weighted by molar-refractivity contribution is -0.112. The van der Waals surface area contributed by atoms with Crippen molar-refractivity contribution in [3.63, 3.8) is 0 Å². The van der Waals surface area contributed by atoms with Gasteiger partial charge in [0.15, 0.2) is 0 Å². The van der Waals surface area contributed by atoms with Gasteiger partial charge in [-0.1, -0.05) is 6.07 Å². The van der Waals surface area contributed by atoms with Crippen molar-refractivity contribution in [3.05, 3.63) is 82.2 Å². The fraction of sp³-hybridized carbons (Fsp3) is 0.222. The van der Waals surface area contributed by atoms with Crippen LogP contribution in [0.1, 0.15) is 39.8 Å². The molecule has 0 aliphatic carbocycles. The first-order valence-corrected chi connectivity index (χ1v) is 10.9. The molecule has 7 nitrogen and oxygen atoms in total. The number of nitrogens with zero attached hydrogens (tertiary/aromatic N) is 2. The van der Waals surface area contributed by atoms with Gasteiger partial charge in [-0.2, -0.15) is 5.26 Å². The first-order valence-electron chi connectivity index (χ1n) is 10.9. The molecule has 3 rings (SSSR count). The molecule has 0 unspecified atom stereocenters. The monoisotopic (exact) mass is 456 g/mol. The number of benzene rings is 2. The molecule has 0 radical (unpaired) electrons. The third kappa shape index (κ3) is 5.18. The van der Waals surface area contributed by atoms with Crippen LogP contribution in [-0.4, -0.2) is 30.0 Å². The van der Waals surface area contributed by atoms with Crippen LogP contribution in [0.5, 0.6) is 5.75 Å². The minimum Gasteiger partial charge on any atom is -0.497 e. The summed E-state index contributed by atoms with van der Waals surface area (Å²) < 4.78 is 7.29. The number of aryl methyl sites for hydroxylation is 2. The number of nitrogens with one attached hydrogen (secondary N) is 2. The van der Waals surface area contributed by atoms with Crippen LogP contribution in [0.4, 0.5) is 5.69 Å². The molecule has 0 aliphatic heterocycles. The summed E-state index contributed by atoms with van der Waals surface area (Å²) in [5.41, 5.74) is 5.28. The molecule has 0 fully saturated rings. The van der Waals surface area contributed by atoms with Crippen LogP contribution in [0.2, 0.25) is 0 Å². The van der Waals surface area contributed by atoms with Crippen LogP contribution in [0.25, 0.3) is 11.8 Å². The van der Waals surface area contributed by atoms with Gasteiger partial charge in [-0.05, 0) is 87.4 Å². The van der Waals surface area contributed by atoms with Crippen molar-refractivity contribution in [3.8, 4) is 17.5 Å². The summed E-state index contributed by atoms with van der Waals surface area (Å²) in [6, 6.07) is 16.7. The Labute approximate surface area is 199 Å². The van der Waals surface area contributed by atoms with Crippen LogP contribution in [-0.2, 0) is 4.79 Å². The number of ether oxygens (including phenoxy) is 1. The second-order valence-corrected chi connectivity index (χ2v) is 7.87. The maximum atomic E-state index is 12.9. The zero-order valence-electron chi connectivity index (χ0n) is 20.0. The molecule has 0 saturated heterocycles. The topological polar surface area (TPSA) is 96.2 Å². The number of nitriles is 1. The van der Waals surface area contributed by atoms with E-state index in [9.17, 15) is 14.9 Å². The van der Waals surface area contributed by atoms with E-state index in [0.29, 0.717) is 17.8 Å². The predicted molar refractivity (Wildman–Crippen MR) is 133 cm³/mol. The lowest BCUT2D eigenvalue weighted by atomic mass is 10.1. The van der Waals surface area contributed by atoms with Crippen molar-refractivity contribution in [2.75, 3.05) is 19.0 Å². The second kappa shape index (κ2) is 10.5. The Hall–Kier alpha value is -4.31. The number of hydrogen-bond donors (Lipinski definition) is 2. The Kier molecular flexibility index (Phi) is 7.54. The third-order valence-electron chi connectivity index (χ3n) is 5.55. The highest BCUT2D eigenvalue weighted by molar-refractivity contribution is 6.10. The molecule has 174 valence electrons. The molecule has 0 aliphatic rings. The van der Waals surface area contributed by atoms with E-state index >= 15 is 0 Å². The van der Waals surface area contributed by atoms with Gasteiger partial charge in [0.25, 0.3) is 11.8 Å². The average molecular weight is 457 g/mol. The Bertz CT molecular complexity index is 1290. The van der Waals surface area contributed by atoms with Gasteiger partial charge in [-0.25, -0.2) is 0 Å². The fourth-order valence-electron chi connectivity index (χ4n) is 3.72. The van der Waals surface area contributed by atoms with E-state index in [1.165, 1.54) is 0 Å². The Balaban J connectivity index is 1.90. The Morgan fingerprint density at radius 3 is 2.41 bits per heavy atom. The highest BCUT2D eigenvalue weighted by Crippen LogP contribution is 2.25. The first-order chi connectivity index (χ1) is 16.3. The van der Waals surface area contributed by atoms with Crippen LogP contribution < -0.4 is 15.4 Å². The van der Waals surface area contributed by atoms with Crippen LogP contribution in [0.3, 0.4) is 0 Å². The summed E-state index contributed by atoms with van der Waals surface area (Å²) in [6.07, 6.45) is 1.58. The summed E-state index contributed by atoms with van der Waals surface area (Å²) in [6.45, 7) is 8.08. The number of hydrogen-bond acceptors (Lipinski definition) is 4. The molecular weight excluding hydrogens is 428 g/mol. The number of carbonyl (C=O) groups excluding carboxylic acids is 2. The van der Waals surface area contributed by atoms with Crippen molar-refractivity contribution in [2.45, 2.75) is 27.7 Å². The minimum atomic E-state index is -0.534. The second-order valence-electron chi connectivity index (χ2n) is 7.87. The number of rotatable bonds is 7. The number of carbonyl (C=O) groups is 2. The summed E-state index contributed by atoms with van der Waals surface area (Å²) in [7, 11) is 1.62. The molecule has 2 amide bonds. The highest BCUT2D eigenvalue weighted by atomic mass is 16.5. The Morgan fingerprint density at radius 2 is 1.79 bits per heavy atom. The van der Waals surface area contributed by atoms with Gasteiger partial charge in [0, 0.05) is 34.9 Å². The molecule has 34 heavy (non-hydrogen) atoms. The first kappa shape index (κ1) is 24.3. The van der Waals surface area contributed by atoms with Crippen LogP contribution >= 0.6 is 0 Å². The maximum Gasteiger partial charge on any atom is 0.266 e. The van der Waals surface area contributed by atoms with Crippen molar-refractivity contribution < 1.29 is 14.3 Å². The number of aromatic nitrogens is 1. The number of amides is 2. The van der Waals surface area contributed by atoms with E-state index < -0.39 is 5.91 Å². The highest BCUT2D eigenvalue weighted by Gasteiger charge is 2.16. The quantitative estimate of drug-likeness (QED) is 0.398. The van der Waals surface area contributed by atoms with Gasteiger partial charge in [0.2, 0.25) is 0 Å². The summed E-state index contributed by atoms with van der Waals surface area (Å²) in [5, 5.41) is 15.2. The molecule has 1 heterocycles. The average Bonchev–Trinajstić information content (AvgIpc) is 3.11. The van der Waals surface area contributed by atoms with E-state index in [1.54, 1.807) is 31.4 Å². The molecule has 0 atom stereocenters. The zero-order chi connectivity index (χ0) is 24.8. The van der Waals surface area contributed by atoms with E-state index in [2.05, 4.69) is 15.2 Å². The van der Waals surface area contributed by atoms with E-state index in [4.69, 9.17) is 4.74 Å². The van der Waals surface area contributed by atoms with Crippen molar-refractivity contribution in [1.82, 2.24) is 9.88 Å². The molecule has 2 aromatic carbocycles. The van der Waals surface area contributed by atoms with Gasteiger partial charge >= 0.3 is 0 Å². The predicted octanol–water partition coefficient (Wildman–Crippen LogP) is 4.71. The van der Waals surface area contributed by atoms with Gasteiger partial charge < -0.3 is 19.9 Å². The molecule has 3 aromatic rings. The van der Waals surface area contributed by atoms with Gasteiger partial charge in [0.1, 0.15) is 17.4 Å². The normalized spacial score (nSPS) is 11.0. The molecular formula is C27H28N4O3. The summed E-state index contributed by atoms with van der Waals surface area (Å²) >= 11 is 0. The smallest absolute Gasteiger partial charge is 0.266 e. The van der Waals surface area contributed by atoms with Gasteiger partial charge in [0.05, 0.1) is 7.11 Å². The molecule has 7 heteroatoms. The van der Waals surface area contributed by atoms with Gasteiger partial charge in [-0.15, -0.1) is 0 Å². The maximum absolute atomic E-state index is 12.9.